The van der Waals surface area contributed by atoms with E-state index in [0.717, 1.165) is 54.0 Å². The molecule has 3 aromatic carbocycles. The molecule has 0 amide bonds. The summed E-state index contributed by atoms with van der Waals surface area (Å²) in [6, 6.07) is 22.6. The predicted molar refractivity (Wildman–Crippen MR) is 154 cm³/mol. The van der Waals surface area contributed by atoms with E-state index in [2.05, 4.69) is 43.0 Å². The molecule has 1 atom stereocenters. The van der Waals surface area contributed by atoms with Gasteiger partial charge in [-0.1, -0.05) is 28.1 Å². The highest BCUT2D eigenvalue weighted by molar-refractivity contribution is 9.10. The molecule has 1 N–H and O–H groups in total. The highest BCUT2D eigenvalue weighted by Gasteiger charge is 2.43. The molecule has 38 heavy (non-hydrogen) atoms. The van der Waals surface area contributed by atoms with E-state index >= 15 is 0 Å². The largest absolute Gasteiger partial charge is 0.508 e. The molecular weight excluding hydrogens is 546 g/mol. The summed E-state index contributed by atoms with van der Waals surface area (Å²) in [6.07, 6.45) is 1.70. The molecule has 2 heterocycles. The molecule has 0 spiro atoms. The van der Waals surface area contributed by atoms with Crippen LogP contribution < -0.4 is 14.7 Å². The molecule has 3 aromatic rings. The molecule has 1 fully saturated rings. The van der Waals surface area contributed by atoms with E-state index in [1.54, 1.807) is 54.4 Å². The second-order valence-corrected chi connectivity index (χ2v) is 10.9. The topological polar surface area (TPSA) is 79.7 Å². The number of phenols is 1. The Balaban J connectivity index is 1.25. The number of anilines is 3. The maximum Gasteiger partial charge on any atom is 0.189 e. The van der Waals surface area contributed by atoms with Gasteiger partial charge in [0.05, 0.1) is 0 Å². The highest BCUT2D eigenvalue weighted by Crippen LogP contribution is 2.31. The summed E-state index contributed by atoms with van der Waals surface area (Å²) in [7, 11) is 0. The van der Waals surface area contributed by atoms with Crippen molar-refractivity contribution in [1.82, 2.24) is 5.01 Å². The minimum Gasteiger partial charge on any atom is -0.508 e. The van der Waals surface area contributed by atoms with Gasteiger partial charge in [-0.25, -0.2) is 0 Å². The number of aldehydes is 1. The summed E-state index contributed by atoms with van der Waals surface area (Å²) in [5.74, 6) is 0.160. The van der Waals surface area contributed by atoms with Crippen LogP contribution in [0.2, 0.25) is 0 Å². The van der Waals surface area contributed by atoms with Crippen LogP contribution in [0.4, 0.5) is 17.1 Å². The van der Waals surface area contributed by atoms with Crippen molar-refractivity contribution in [3.8, 4) is 5.75 Å². The Labute approximate surface area is 230 Å². The van der Waals surface area contributed by atoms with Gasteiger partial charge in [-0.2, -0.15) is 5.10 Å². The first-order valence-electron chi connectivity index (χ1n) is 12.5. The van der Waals surface area contributed by atoms with Crippen LogP contribution in [-0.2, 0) is 4.79 Å². The second kappa shape index (κ2) is 10.5. The van der Waals surface area contributed by atoms with Crippen LogP contribution in [0.25, 0.3) is 0 Å². The molecule has 2 aliphatic rings. The van der Waals surface area contributed by atoms with Crippen molar-refractivity contribution in [2.45, 2.75) is 25.6 Å². The van der Waals surface area contributed by atoms with Crippen LogP contribution in [0.5, 0.6) is 5.75 Å². The zero-order valence-electron chi connectivity index (χ0n) is 21.4. The molecule has 0 radical (unpaired) electrons. The molecule has 0 bridgehead atoms. The van der Waals surface area contributed by atoms with E-state index in [-0.39, 0.29) is 11.5 Å². The molecule has 1 saturated heterocycles. The molecule has 9 heteroatoms. The van der Waals surface area contributed by atoms with Gasteiger partial charge in [0.15, 0.2) is 18.2 Å². The number of carbonyl (C=O) groups is 2. The zero-order valence-corrected chi connectivity index (χ0v) is 23.0. The van der Waals surface area contributed by atoms with E-state index in [4.69, 9.17) is 0 Å². The third-order valence-electron chi connectivity index (χ3n) is 7.20. The standard InChI is InChI=1S/C29H30BrN5O3/c1-29(2,28(38)21-3-5-22(30)6-4-21)35-27(19-36)34(20-31-35)25-9-7-23(8-10-25)32-15-17-33(18-16-32)24-11-13-26(37)14-12-24/h3-14,19-20,27,37H,15-18H2,1-2H3. The number of hydrogen-bond acceptors (Lipinski definition) is 8. The van der Waals surface area contributed by atoms with E-state index in [1.165, 1.54) is 0 Å². The highest BCUT2D eigenvalue weighted by atomic mass is 79.9. The van der Waals surface area contributed by atoms with Gasteiger partial charge >= 0.3 is 0 Å². The lowest BCUT2D eigenvalue weighted by Crippen LogP contribution is -2.54. The Morgan fingerprint density at radius 1 is 0.868 bits per heavy atom. The summed E-state index contributed by atoms with van der Waals surface area (Å²) in [4.78, 5) is 32.0. The van der Waals surface area contributed by atoms with Gasteiger partial charge in [-0.05, 0) is 74.5 Å². The number of piperazine rings is 1. The second-order valence-electron chi connectivity index (χ2n) is 9.93. The molecular formula is C29H30BrN5O3. The monoisotopic (exact) mass is 575 g/mol. The predicted octanol–water partition coefficient (Wildman–Crippen LogP) is 4.73. The fourth-order valence-electron chi connectivity index (χ4n) is 4.96. The van der Waals surface area contributed by atoms with Gasteiger partial charge in [0, 0.05) is 53.3 Å². The Morgan fingerprint density at radius 2 is 1.37 bits per heavy atom. The molecule has 2 aliphatic heterocycles. The van der Waals surface area contributed by atoms with Crippen molar-refractivity contribution in [2.24, 2.45) is 5.10 Å². The van der Waals surface area contributed by atoms with E-state index in [0.29, 0.717) is 5.56 Å². The van der Waals surface area contributed by atoms with Crippen molar-refractivity contribution < 1.29 is 14.7 Å². The average Bonchev–Trinajstić information content (AvgIpc) is 3.39. The number of halogens is 1. The van der Waals surface area contributed by atoms with Crippen LogP contribution in [0, 0.1) is 0 Å². The quantitative estimate of drug-likeness (QED) is 0.322. The molecule has 5 rings (SSSR count). The van der Waals surface area contributed by atoms with Crippen LogP contribution in [0.1, 0.15) is 24.2 Å². The first-order chi connectivity index (χ1) is 18.3. The van der Waals surface area contributed by atoms with Gasteiger partial charge in [0.2, 0.25) is 0 Å². The summed E-state index contributed by atoms with van der Waals surface area (Å²) < 4.78 is 0.894. The summed E-state index contributed by atoms with van der Waals surface area (Å²) in [5, 5.41) is 15.6. The number of aromatic hydroxyl groups is 1. The van der Waals surface area contributed by atoms with Gasteiger partial charge in [0.1, 0.15) is 17.6 Å². The number of hydrogen-bond donors (Lipinski definition) is 1. The number of carbonyl (C=O) groups excluding carboxylic acids is 2. The Kier molecular flexibility index (Phi) is 7.12. The van der Waals surface area contributed by atoms with Gasteiger partial charge < -0.3 is 19.8 Å². The summed E-state index contributed by atoms with van der Waals surface area (Å²) >= 11 is 3.40. The number of hydrazone groups is 1. The molecule has 8 nitrogen and oxygen atoms in total. The number of phenolic OH excluding ortho intramolecular Hbond substituents is 1. The van der Waals surface area contributed by atoms with Crippen molar-refractivity contribution in [2.75, 3.05) is 40.9 Å². The van der Waals surface area contributed by atoms with Gasteiger partial charge in [0.25, 0.3) is 0 Å². The van der Waals surface area contributed by atoms with Crippen molar-refractivity contribution in [3.05, 3.63) is 82.8 Å². The third kappa shape index (κ3) is 4.98. The van der Waals surface area contributed by atoms with Crippen molar-refractivity contribution in [1.29, 1.82) is 0 Å². The lowest BCUT2D eigenvalue weighted by Gasteiger charge is -2.38. The minimum atomic E-state index is -1.03. The van der Waals surface area contributed by atoms with Crippen LogP contribution in [0.3, 0.4) is 0 Å². The van der Waals surface area contributed by atoms with Crippen LogP contribution in [-0.4, -0.2) is 66.4 Å². The number of Topliss-reactive ketones (excluding diaryl/α,β-unsaturated/α-hetero) is 1. The normalized spacial score (nSPS) is 17.7. The molecule has 0 aliphatic carbocycles. The summed E-state index contributed by atoms with van der Waals surface area (Å²) in [5.41, 5.74) is 2.58. The average molecular weight is 576 g/mol. The fraction of sp³-hybridized carbons (Fsp3) is 0.276. The Morgan fingerprint density at radius 3 is 1.89 bits per heavy atom. The maximum atomic E-state index is 13.3. The minimum absolute atomic E-state index is 0.113. The summed E-state index contributed by atoms with van der Waals surface area (Å²) in [6.45, 7) is 7.10. The van der Waals surface area contributed by atoms with Gasteiger partial charge in [-0.15, -0.1) is 0 Å². The Hall–Kier alpha value is -3.85. The lowest BCUT2D eigenvalue weighted by molar-refractivity contribution is -0.113. The number of ketones is 1. The van der Waals surface area contributed by atoms with Crippen LogP contribution in [0.15, 0.2) is 82.4 Å². The van der Waals surface area contributed by atoms with Crippen molar-refractivity contribution in [3.63, 3.8) is 0 Å². The lowest BCUT2D eigenvalue weighted by atomic mass is 9.92. The first-order valence-corrected chi connectivity index (χ1v) is 13.3. The Bertz CT molecular complexity index is 1320. The third-order valence-corrected chi connectivity index (χ3v) is 7.73. The van der Waals surface area contributed by atoms with E-state index in [1.807, 2.05) is 36.4 Å². The van der Waals surface area contributed by atoms with Crippen molar-refractivity contribution >= 4 is 51.4 Å². The van der Waals surface area contributed by atoms with E-state index < -0.39 is 11.7 Å². The maximum absolute atomic E-state index is 13.3. The number of nitrogens with zero attached hydrogens (tertiary/aromatic N) is 5. The molecule has 0 aromatic heterocycles. The van der Waals surface area contributed by atoms with Crippen LogP contribution >= 0.6 is 15.9 Å². The van der Waals surface area contributed by atoms with Gasteiger partial charge in [-0.3, -0.25) is 14.6 Å². The zero-order chi connectivity index (χ0) is 26.9. The first kappa shape index (κ1) is 25.8. The SMILES string of the molecule is CC(C)(C(=O)c1ccc(Br)cc1)N1N=CN(c2ccc(N3CCN(c4ccc(O)cc4)CC3)cc2)C1C=O. The molecule has 0 saturated carbocycles. The molecule has 196 valence electrons. The number of benzene rings is 3. The van der Waals surface area contributed by atoms with E-state index in [9.17, 15) is 14.7 Å². The molecule has 1 unspecified atom stereocenters. The fourth-order valence-corrected chi connectivity index (χ4v) is 5.23. The number of rotatable bonds is 7. The smallest absolute Gasteiger partial charge is 0.189 e.